The van der Waals surface area contributed by atoms with Crippen molar-refractivity contribution in [1.29, 1.82) is 0 Å². The zero-order valence-electron chi connectivity index (χ0n) is 20.1. The van der Waals surface area contributed by atoms with E-state index in [2.05, 4.69) is 15.8 Å². The molecule has 0 aliphatic heterocycles. The van der Waals surface area contributed by atoms with Gasteiger partial charge < -0.3 is 24.6 Å². The molecule has 3 rings (SSSR count). The molecule has 0 radical (unpaired) electrons. The fourth-order valence-corrected chi connectivity index (χ4v) is 3.16. The van der Waals surface area contributed by atoms with Crippen LogP contribution < -0.4 is 25.0 Å². The lowest BCUT2D eigenvalue weighted by molar-refractivity contribution is -0.117. The number of carbonyl (C=O) groups excluding carboxylic acids is 2. The van der Waals surface area contributed by atoms with Crippen LogP contribution in [0.1, 0.15) is 28.4 Å². The lowest BCUT2D eigenvalue weighted by Gasteiger charge is -2.12. The Labute approximate surface area is 209 Å². The van der Waals surface area contributed by atoms with Gasteiger partial charge in [0.15, 0.2) is 11.5 Å². The highest BCUT2D eigenvalue weighted by molar-refractivity contribution is 6.05. The molecule has 0 saturated carbocycles. The molecule has 0 bridgehead atoms. The molecule has 0 saturated heterocycles. The van der Waals surface area contributed by atoms with Crippen molar-refractivity contribution in [1.82, 2.24) is 10.7 Å². The summed E-state index contributed by atoms with van der Waals surface area (Å²) in [6, 6.07) is 18.3. The maximum Gasteiger partial charge on any atom is 0.287 e. The molecule has 2 amide bonds. The van der Waals surface area contributed by atoms with Crippen molar-refractivity contribution in [3.05, 3.63) is 89.1 Å². The Balaban J connectivity index is 1.88. The van der Waals surface area contributed by atoms with E-state index in [-0.39, 0.29) is 11.4 Å². The van der Waals surface area contributed by atoms with Gasteiger partial charge in [-0.1, -0.05) is 18.2 Å². The Morgan fingerprint density at radius 2 is 1.75 bits per heavy atom. The van der Waals surface area contributed by atoms with Crippen molar-refractivity contribution in [3.63, 3.8) is 0 Å². The number of hydrogen-bond acceptors (Lipinski definition) is 7. The third-order valence-electron chi connectivity index (χ3n) is 4.93. The van der Waals surface area contributed by atoms with Crippen molar-refractivity contribution >= 4 is 24.1 Å². The van der Waals surface area contributed by atoms with Gasteiger partial charge >= 0.3 is 0 Å². The van der Waals surface area contributed by atoms with Crippen LogP contribution in [0.3, 0.4) is 0 Å². The number of rotatable bonds is 10. The second-order valence-corrected chi connectivity index (χ2v) is 7.35. The van der Waals surface area contributed by atoms with Crippen LogP contribution in [-0.4, -0.2) is 44.0 Å². The fourth-order valence-electron chi connectivity index (χ4n) is 3.16. The predicted molar refractivity (Wildman–Crippen MR) is 136 cm³/mol. The molecule has 0 atom stereocenters. The van der Waals surface area contributed by atoms with E-state index < -0.39 is 11.8 Å². The number of phenolic OH excluding ortho intramolecular Hbond substituents is 1. The maximum atomic E-state index is 13.0. The van der Waals surface area contributed by atoms with E-state index in [4.69, 9.17) is 14.2 Å². The Hall–Kier alpha value is -4.79. The molecule has 186 valence electrons. The summed E-state index contributed by atoms with van der Waals surface area (Å²) in [6.45, 7) is 2.18. The van der Waals surface area contributed by atoms with Gasteiger partial charge in [0.05, 0.1) is 27.0 Å². The molecule has 3 N–H and O–H groups in total. The van der Waals surface area contributed by atoms with E-state index >= 15 is 0 Å². The average Bonchev–Trinajstić information content (AvgIpc) is 2.90. The highest BCUT2D eigenvalue weighted by Gasteiger charge is 2.16. The molecule has 0 fully saturated rings. The SMILES string of the molecule is CCOc1cc(/C=N/NC(=O)/C(=C/c2cc(OC)ccc2OC)NC(=O)c2ccccc2)ccc1O. The lowest BCUT2D eigenvalue weighted by atomic mass is 10.1. The zero-order valence-corrected chi connectivity index (χ0v) is 20.1. The minimum absolute atomic E-state index is 0.000818. The number of aromatic hydroxyl groups is 1. The largest absolute Gasteiger partial charge is 0.504 e. The minimum atomic E-state index is -0.663. The van der Waals surface area contributed by atoms with E-state index in [0.717, 1.165) is 0 Å². The molecule has 0 spiro atoms. The Morgan fingerprint density at radius 3 is 2.44 bits per heavy atom. The van der Waals surface area contributed by atoms with Gasteiger partial charge in [-0.05, 0) is 67.1 Å². The molecular formula is C27H27N3O6. The smallest absolute Gasteiger partial charge is 0.287 e. The molecule has 9 heteroatoms. The lowest BCUT2D eigenvalue weighted by Crippen LogP contribution is -2.32. The summed E-state index contributed by atoms with van der Waals surface area (Å²) in [6.07, 6.45) is 2.86. The normalized spacial score (nSPS) is 11.1. The van der Waals surface area contributed by atoms with E-state index in [0.29, 0.717) is 40.5 Å². The molecule has 0 aliphatic rings. The number of phenols is 1. The second-order valence-electron chi connectivity index (χ2n) is 7.35. The van der Waals surface area contributed by atoms with Gasteiger partial charge in [-0.3, -0.25) is 9.59 Å². The van der Waals surface area contributed by atoms with Crippen molar-refractivity contribution in [2.75, 3.05) is 20.8 Å². The van der Waals surface area contributed by atoms with Gasteiger partial charge in [-0.15, -0.1) is 0 Å². The van der Waals surface area contributed by atoms with Gasteiger partial charge in [0.2, 0.25) is 0 Å². The van der Waals surface area contributed by atoms with E-state index in [1.54, 1.807) is 67.6 Å². The third-order valence-corrected chi connectivity index (χ3v) is 4.93. The van der Waals surface area contributed by atoms with Gasteiger partial charge in [-0.25, -0.2) is 5.43 Å². The van der Waals surface area contributed by atoms with Crippen LogP contribution >= 0.6 is 0 Å². The summed E-state index contributed by atoms with van der Waals surface area (Å²) in [7, 11) is 3.02. The molecule has 0 aliphatic carbocycles. The first kappa shape index (κ1) is 25.8. The number of hydrazone groups is 1. The Bertz CT molecular complexity index is 1270. The average molecular weight is 490 g/mol. The van der Waals surface area contributed by atoms with Gasteiger partial charge in [0.1, 0.15) is 17.2 Å². The number of benzene rings is 3. The summed E-state index contributed by atoms with van der Waals surface area (Å²) >= 11 is 0. The second kappa shape index (κ2) is 12.6. The van der Waals surface area contributed by atoms with E-state index in [1.165, 1.54) is 32.6 Å². The molecule has 0 unspecified atom stereocenters. The topological polar surface area (TPSA) is 118 Å². The first-order chi connectivity index (χ1) is 17.4. The summed E-state index contributed by atoms with van der Waals surface area (Å²) in [5.41, 5.74) is 3.83. The summed E-state index contributed by atoms with van der Waals surface area (Å²) in [5, 5.41) is 16.5. The molecule has 3 aromatic rings. The van der Waals surface area contributed by atoms with Crippen LogP contribution in [-0.2, 0) is 4.79 Å². The highest BCUT2D eigenvalue weighted by Crippen LogP contribution is 2.27. The first-order valence-corrected chi connectivity index (χ1v) is 11.0. The van der Waals surface area contributed by atoms with E-state index in [9.17, 15) is 14.7 Å². The number of ether oxygens (including phenoxy) is 3. The maximum absolute atomic E-state index is 13.0. The predicted octanol–water partition coefficient (Wildman–Crippen LogP) is 3.73. The number of hydrogen-bond donors (Lipinski definition) is 3. The van der Waals surface area contributed by atoms with Crippen molar-refractivity contribution in [2.24, 2.45) is 5.10 Å². The van der Waals surface area contributed by atoms with E-state index in [1.807, 2.05) is 0 Å². The fraction of sp³-hybridized carbons (Fsp3) is 0.148. The molecular weight excluding hydrogens is 462 g/mol. The van der Waals surface area contributed by atoms with Crippen LogP contribution in [0.2, 0.25) is 0 Å². The minimum Gasteiger partial charge on any atom is -0.504 e. The van der Waals surface area contributed by atoms with Crippen LogP contribution in [0.25, 0.3) is 6.08 Å². The quantitative estimate of drug-likeness (QED) is 0.227. The number of nitrogens with one attached hydrogen (secondary N) is 2. The molecule has 9 nitrogen and oxygen atoms in total. The van der Waals surface area contributed by atoms with Crippen LogP contribution in [0, 0.1) is 0 Å². The van der Waals surface area contributed by atoms with Crippen molar-refractivity contribution < 1.29 is 28.9 Å². The van der Waals surface area contributed by atoms with Gasteiger partial charge in [-0.2, -0.15) is 5.10 Å². The zero-order chi connectivity index (χ0) is 25.9. The molecule has 3 aromatic carbocycles. The highest BCUT2D eigenvalue weighted by atomic mass is 16.5. The monoisotopic (exact) mass is 489 g/mol. The molecule has 36 heavy (non-hydrogen) atoms. The standard InChI is InChI=1S/C27H27N3O6/c1-4-36-25-14-18(10-12-23(25)31)17-28-30-27(33)22(29-26(32)19-8-6-5-7-9-19)16-20-15-21(34-2)11-13-24(20)35-3/h5-17,31H,4H2,1-3H3,(H,29,32)(H,30,33)/b22-16-,28-17+. The number of carbonyl (C=O) groups is 2. The van der Waals surface area contributed by atoms with Crippen LogP contribution in [0.4, 0.5) is 0 Å². The summed E-state index contributed by atoms with van der Waals surface area (Å²) in [4.78, 5) is 25.8. The molecule has 0 heterocycles. The number of nitrogens with zero attached hydrogens (tertiary/aromatic N) is 1. The van der Waals surface area contributed by atoms with Gasteiger partial charge in [0, 0.05) is 11.1 Å². The Morgan fingerprint density at radius 1 is 0.972 bits per heavy atom. The van der Waals surface area contributed by atoms with Gasteiger partial charge in [0.25, 0.3) is 11.8 Å². The van der Waals surface area contributed by atoms with Crippen LogP contribution in [0.15, 0.2) is 77.5 Å². The molecule has 0 aromatic heterocycles. The number of methoxy groups -OCH3 is 2. The van der Waals surface area contributed by atoms with Crippen molar-refractivity contribution in [3.8, 4) is 23.0 Å². The first-order valence-electron chi connectivity index (χ1n) is 11.0. The summed E-state index contributed by atoms with van der Waals surface area (Å²) in [5.74, 6) is 0.192. The Kier molecular flexibility index (Phi) is 9.05. The number of amides is 2. The third kappa shape index (κ3) is 6.86. The summed E-state index contributed by atoms with van der Waals surface area (Å²) < 4.78 is 16.0. The van der Waals surface area contributed by atoms with Crippen molar-refractivity contribution in [2.45, 2.75) is 6.92 Å². The van der Waals surface area contributed by atoms with Crippen LogP contribution in [0.5, 0.6) is 23.0 Å².